The zero-order valence-corrected chi connectivity index (χ0v) is 9.97. The molecule has 0 aromatic heterocycles. The van der Waals surface area contributed by atoms with Crippen LogP contribution >= 0.6 is 11.8 Å². The van der Waals surface area contributed by atoms with Gasteiger partial charge in [-0.1, -0.05) is 36.9 Å². The molecule has 2 rings (SSSR count). The summed E-state index contributed by atoms with van der Waals surface area (Å²) in [5.41, 5.74) is 2.43. The second-order valence-corrected chi connectivity index (χ2v) is 5.01. The van der Waals surface area contributed by atoms with E-state index in [9.17, 15) is 0 Å². The number of para-hydroxylation sites is 1. The highest BCUT2D eigenvalue weighted by molar-refractivity contribution is 8.14. The molecule has 1 aromatic carbocycles. The largest absolute Gasteiger partial charge is 0.335 e. The number of nitrogens with zero attached hydrogens (tertiary/aromatic N) is 1. The van der Waals surface area contributed by atoms with Crippen molar-refractivity contribution in [2.75, 3.05) is 17.6 Å². The molecule has 0 amide bonds. The Hall–Kier alpha value is -0.960. The molecule has 0 radical (unpaired) electrons. The lowest BCUT2D eigenvalue weighted by molar-refractivity contribution is 0.674. The van der Waals surface area contributed by atoms with Gasteiger partial charge in [-0.25, -0.2) is 0 Å². The summed E-state index contributed by atoms with van der Waals surface area (Å²) in [6, 6.07) is 8.31. The van der Waals surface area contributed by atoms with Gasteiger partial charge in [0, 0.05) is 18.0 Å². The fourth-order valence-electron chi connectivity index (χ4n) is 1.46. The van der Waals surface area contributed by atoms with Gasteiger partial charge in [-0.05, 0) is 24.5 Å². The van der Waals surface area contributed by atoms with Gasteiger partial charge in [0.05, 0.1) is 0 Å². The fraction of sp³-hybridized carbons (Fsp3) is 0.417. The van der Waals surface area contributed by atoms with E-state index < -0.39 is 0 Å². The van der Waals surface area contributed by atoms with E-state index in [4.69, 9.17) is 0 Å². The lowest BCUT2D eigenvalue weighted by Gasteiger charge is -2.18. The molecule has 0 saturated heterocycles. The van der Waals surface area contributed by atoms with Gasteiger partial charge < -0.3 is 5.32 Å². The van der Waals surface area contributed by atoms with Gasteiger partial charge in [-0.2, -0.15) is 0 Å². The standard InChI is InChI=1S/C12H16N2S/c1-9-7-13-12(15-8-9)14-11-6-4-3-5-10(11)2/h3-6,9H,7-8H2,1-2H3,(H,13,14). The highest BCUT2D eigenvalue weighted by atomic mass is 32.2. The predicted molar refractivity (Wildman–Crippen MR) is 68.7 cm³/mol. The Morgan fingerprint density at radius 2 is 2.20 bits per heavy atom. The van der Waals surface area contributed by atoms with Crippen molar-refractivity contribution in [1.29, 1.82) is 0 Å². The van der Waals surface area contributed by atoms with Crippen LogP contribution in [0.2, 0.25) is 0 Å². The molecule has 2 nitrogen and oxygen atoms in total. The van der Waals surface area contributed by atoms with Crippen molar-refractivity contribution < 1.29 is 0 Å². The highest BCUT2D eigenvalue weighted by Gasteiger charge is 2.12. The molecular weight excluding hydrogens is 204 g/mol. The van der Waals surface area contributed by atoms with Gasteiger partial charge >= 0.3 is 0 Å². The molecule has 3 heteroatoms. The molecule has 1 N–H and O–H groups in total. The summed E-state index contributed by atoms with van der Waals surface area (Å²) in [5.74, 6) is 1.87. The van der Waals surface area contributed by atoms with E-state index in [1.807, 2.05) is 17.8 Å². The first-order valence-electron chi connectivity index (χ1n) is 5.25. The van der Waals surface area contributed by atoms with E-state index in [1.54, 1.807) is 0 Å². The second kappa shape index (κ2) is 4.71. The summed E-state index contributed by atoms with van der Waals surface area (Å²) in [5, 5.41) is 4.44. The maximum Gasteiger partial charge on any atom is 0.161 e. The predicted octanol–water partition coefficient (Wildman–Crippen LogP) is 3.15. The monoisotopic (exact) mass is 220 g/mol. The lowest BCUT2D eigenvalue weighted by atomic mass is 10.2. The topological polar surface area (TPSA) is 24.4 Å². The quantitative estimate of drug-likeness (QED) is 0.786. The van der Waals surface area contributed by atoms with Crippen molar-refractivity contribution >= 4 is 22.6 Å². The maximum atomic E-state index is 4.52. The summed E-state index contributed by atoms with van der Waals surface area (Å²) >= 11 is 1.81. The minimum absolute atomic E-state index is 0.706. The Kier molecular flexibility index (Phi) is 3.31. The van der Waals surface area contributed by atoms with Crippen LogP contribution in [-0.4, -0.2) is 17.5 Å². The van der Waals surface area contributed by atoms with E-state index in [-0.39, 0.29) is 0 Å². The molecule has 1 aliphatic rings. The smallest absolute Gasteiger partial charge is 0.161 e. The van der Waals surface area contributed by atoms with Crippen molar-refractivity contribution in [2.45, 2.75) is 13.8 Å². The number of nitrogens with one attached hydrogen (secondary N) is 1. The average molecular weight is 220 g/mol. The minimum atomic E-state index is 0.706. The molecule has 1 heterocycles. The Bertz CT molecular complexity index is 374. The zero-order chi connectivity index (χ0) is 10.7. The van der Waals surface area contributed by atoms with E-state index in [1.165, 1.54) is 11.3 Å². The van der Waals surface area contributed by atoms with Gasteiger partial charge in [-0.15, -0.1) is 0 Å². The number of aryl methyl sites for hydroxylation is 1. The number of anilines is 1. The molecule has 0 saturated carbocycles. The molecule has 1 unspecified atom stereocenters. The SMILES string of the molecule is Cc1ccccc1NC1=NCC(C)CS1. The van der Waals surface area contributed by atoms with Gasteiger partial charge in [0.1, 0.15) is 0 Å². The average Bonchev–Trinajstić information content (AvgIpc) is 2.25. The molecule has 1 atom stereocenters. The molecule has 15 heavy (non-hydrogen) atoms. The molecule has 1 aromatic rings. The fourth-order valence-corrected chi connectivity index (χ4v) is 2.36. The highest BCUT2D eigenvalue weighted by Crippen LogP contribution is 2.21. The Morgan fingerprint density at radius 1 is 1.40 bits per heavy atom. The van der Waals surface area contributed by atoms with Crippen molar-refractivity contribution in [3.63, 3.8) is 0 Å². The van der Waals surface area contributed by atoms with Crippen molar-refractivity contribution in [2.24, 2.45) is 10.9 Å². The molecule has 0 fully saturated rings. The Balaban J connectivity index is 2.06. The Morgan fingerprint density at radius 3 is 2.87 bits per heavy atom. The molecule has 80 valence electrons. The van der Waals surface area contributed by atoms with Gasteiger partial charge in [0.15, 0.2) is 5.17 Å². The number of thioether (sulfide) groups is 1. The van der Waals surface area contributed by atoms with Crippen LogP contribution in [0.3, 0.4) is 0 Å². The summed E-state index contributed by atoms with van der Waals surface area (Å²) in [6.45, 7) is 5.29. The Labute approximate surface area is 95.2 Å². The van der Waals surface area contributed by atoms with Crippen LogP contribution in [0, 0.1) is 12.8 Å². The van der Waals surface area contributed by atoms with Crippen LogP contribution < -0.4 is 5.32 Å². The van der Waals surface area contributed by atoms with E-state index in [0.29, 0.717) is 5.92 Å². The van der Waals surface area contributed by atoms with E-state index in [2.05, 4.69) is 42.4 Å². The first-order valence-corrected chi connectivity index (χ1v) is 6.24. The van der Waals surface area contributed by atoms with Gasteiger partial charge in [-0.3, -0.25) is 4.99 Å². The van der Waals surface area contributed by atoms with Crippen LogP contribution in [0.25, 0.3) is 0 Å². The first kappa shape index (κ1) is 10.6. The van der Waals surface area contributed by atoms with Crippen LogP contribution in [0.5, 0.6) is 0 Å². The van der Waals surface area contributed by atoms with E-state index in [0.717, 1.165) is 17.5 Å². The van der Waals surface area contributed by atoms with E-state index >= 15 is 0 Å². The number of rotatable bonds is 1. The number of aliphatic imine (C=N–C) groups is 1. The third kappa shape index (κ3) is 2.75. The van der Waals surface area contributed by atoms with Crippen LogP contribution in [0.4, 0.5) is 5.69 Å². The molecular formula is C12H16N2S. The third-order valence-electron chi connectivity index (χ3n) is 2.44. The minimum Gasteiger partial charge on any atom is -0.335 e. The van der Waals surface area contributed by atoms with Crippen molar-refractivity contribution in [3.8, 4) is 0 Å². The van der Waals surface area contributed by atoms with Crippen LogP contribution in [0.1, 0.15) is 12.5 Å². The summed E-state index contributed by atoms with van der Waals surface area (Å²) in [4.78, 5) is 4.52. The number of amidine groups is 1. The number of benzene rings is 1. The van der Waals surface area contributed by atoms with Crippen molar-refractivity contribution in [1.82, 2.24) is 0 Å². The molecule has 0 spiro atoms. The molecule has 0 aliphatic carbocycles. The van der Waals surface area contributed by atoms with Crippen LogP contribution in [0.15, 0.2) is 29.3 Å². The normalized spacial score (nSPS) is 20.9. The second-order valence-electron chi connectivity index (χ2n) is 4.00. The summed E-state index contributed by atoms with van der Waals surface area (Å²) < 4.78 is 0. The zero-order valence-electron chi connectivity index (χ0n) is 9.16. The van der Waals surface area contributed by atoms with Crippen molar-refractivity contribution in [3.05, 3.63) is 29.8 Å². The van der Waals surface area contributed by atoms with Gasteiger partial charge in [0.2, 0.25) is 0 Å². The number of hydrogen-bond donors (Lipinski definition) is 1. The first-order chi connectivity index (χ1) is 7.25. The third-order valence-corrected chi connectivity index (χ3v) is 3.68. The summed E-state index contributed by atoms with van der Waals surface area (Å²) in [7, 11) is 0. The maximum absolute atomic E-state index is 4.52. The molecule has 0 bridgehead atoms. The van der Waals surface area contributed by atoms with Gasteiger partial charge in [0.25, 0.3) is 0 Å². The number of hydrogen-bond acceptors (Lipinski definition) is 3. The summed E-state index contributed by atoms with van der Waals surface area (Å²) in [6.07, 6.45) is 0. The molecule has 1 aliphatic heterocycles. The lowest BCUT2D eigenvalue weighted by Crippen LogP contribution is -2.19. The van der Waals surface area contributed by atoms with Crippen LogP contribution in [-0.2, 0) is 0 Å².